The second-order valence-electron chi connectivity index (χ2n) is 3.70. The molecule has 1 rings (SSSR count). The molecule has 1 heterocycles. The Balaban J connectivity index is 2.06. The molecule has 0 spiro atoms. The van der Waals surface area contributed by atoms with Gasteiger partial charge in [0.1, 0.15) is 0 Å². The molecule has 0 aliphatic carbocycles. The molecule has 3 nitrogen and oxygen atoms in total. The van der Waals surface area contributed by atoms with Crippen LogP contribution >= 0.6 is 0 Å². The summed E-state index contributed by atoms with van der Waals surface area (Å²) in [4.78, 5) is 2.38. The summed E-state index contributed by atoms with van der Waals surface area (Å²) < 4.78 is 0. The molecular weight excluding hydrogens is 152 g/mol. The van der Waals surface area contributed by atoms with E-state index in [4.69, 9.17) is 5.11 Å². The summed E-state index contributed by atoms with van der Waals surface area (Å²) in [5.41, 5.74) is 0. The molecule has 2 N–H and O–H groups in total. The SMILES string of the molecule is CN1CCC[C@H](CNCCO)C1. The van der Waals surface area contributed by atoms with Crippen LogP contribution in [0.3, 0.4) is 0 Å². The molecule has 3 heteroatoms. The first kappa shape index (κ1) is 9.96. The number of hydrogen-bond donors (Lipinski definition) is 2. The van der Waals surface area contributed by atoms with Crippen molar-refractivity contribution in [1.29, 1.82) is 0 Å². The van der Waals surface area contributed by atoms with Crippen LogP contribution in [-0.2, 0) is 0 Å². The van der Waals surface area contributed by atoms with Gasteiger partial charge in [0.05, 0.1) is 6.61 Å². The van der Waals surface area contributed by atoms with Crippen molar-refractivity contribution in [3.63, 3.8) is 0 Å². The van der Waals surface area contributed by atoms with Gasteiger partial charge < -0.3 is 15.3 Å². The molecule has 0 saturated carbocycles. The van der Waals surface area contributed by atoms with Crippen molar-refractivity contribution in [2.24, 2.45) is 5.92 Å². The zero-order valence-corrected chi connectivity index (χ0v) is 7.92. The number of likely N-dealkylation sites (tertiary alicyclic amines) is 1. The molecule has 0 aromatic carbocycles. The monoisotopic (exact) mass is 172 g/mol. The summed E-state index contributed by atoms with van der Waals surface area (Å²) in [5, 5.41) is 11.8. The van der Waals surface area contributed by atoms with Gasteiger partial charge in [-0.2, -0.15) is 0 Å². The number of aliphatic hydroxyl groups is 1. The number of rotatable bonds is 4. The van der Waals surface area contributed by atoms with Crippen molar-refractivity contribution < 1.29 is 5.11 Å². The normalized spacial score (nSPS) is 26.0. The molecule has 1 fully saturated rings. The van der Waals surface area contributed by atoms with E-state index in [1.807, 2.05) is 0 Å². The lowest BCUT2D eigenvalue weighted by molar-refractivity contribution is 0.202. The van der Waals surface area contributed by atoms with Crippen molar-refractivity contribution in [2.45, 2.75) is 12.8 Å². The maximum Gasteiger partial charge on any atom is 0.0555 e. The number of nitrogens with one attached hydrogen (secondary N) is 1. The summed E-state index contributed by atoms with van der Waals surface area (Å²) in [6.07, 6.45) is 2.66. The third-order valence-corrected chi connectivity index (χ3v) is 2.44. The molecule has 0 unspecified atom stereocenters. The number of nitrogens with zero attached hydrogens (tertiary/aromatic N) is 1. The van der Waals surface area contributed by atoms with Gasteiger partial charge >= 0.3 is 0 Å². The van der Waals surface area contributed by atoms with E-state index in [0.717, 1.165) is 19.0 Å². The molecule has 0 amide bonds. The minimum Gasteiger partial charge on any atom is -0.395 e. The fourth-order valence-electron chi connectivity index (χ4n) is 1.83. The highest BCUT2D eigenvalue weighted by molar-refractivity contribution is 4.72. The highest BCUT2D eigenvalue weighted by Crippen LogP contribution is 2.13. The Kier molecular flexibility index (Phi) is 4.58. The van der Waals surface area contributed by atoms with Crippen LogP contribution in [0, 0.1) is 5.92 Å². The lowest BCUT2D eigenvalue weighted by Crippen LogP contribution is -2.37. The molecule has 72 valence electrons. The topological polar surface area (TPSA) is 35.5 Å². The maximum absolute atomic E-state index is 8.57. The summed E-state index contributed by atoms with van der Waals surface area (Å²) >= 11 is 0. The fourth-order valence-corrected chi connectivity index (χ4v) is 1.83. The number of piperidine rings is 1. The van der Waals surface area contributed by atoms with Gasteiger partial charge in [-0.05, 0) is 38.9 Å². The first-order valence-electron chi connectivity index (χ1n) is 4.83. The maximum atomic E-state index is 8.57. The van der Waals surface area contributed by atoms with Gasteiger partial charge in [0.15, 0.2) is 0 Å². The van der Waals surface area contributed by atoms with Gasteiger partial charge in [0, 0.05) is 13.1 Å². The largest absolute Gasteiger partial charge is 0.395 e. The molecule has 0 radical (unpaired) electrons. The first-order valence-corrected chi connectivity index (χ1v) is 4.83. The van der Waals surface area contributed by atoms with Crippen LogP contribution in [0.25, 0.3) is 0 Å². The van der Waals surface area contributed by atoms with Crippen LogP contribution < -0.4 is 5.32 Å². The molecule has 0 aromatic rings. The van der Waals surface area contributed by atoms with E-state index in [9.17, 15) is 0 Å². The second-order valence-corrected chi connectivity index (χ2v) is 3.70. The van der Waals surface area contributed by atoms with Crippen LogP contribution in [-0.4, -0.2) is 49.8 Å². The van der Waals surface area contributed by atoms with Crippen molar-refractivity contribution >= 4 is 0 Å². The molecule has 0 aromatic heterocycles. The van der Waals surface area contributed by atoms with Gasteiger partial charge in [-0.3, -0.25) is 0 Å². The van der Waals surface area contributed by atoms with Gasteiger partial charge in [-0.25, -0.2) is 0 Å². The second kappa shape index (κ2) is 5.51. The molecule has 1 atom stereocenters. The van der Waals surface area contributed by atoms with E-state index in [1.165, 1.54) is 25.9 Å². The zero-order valence-electron chi connectivity index (χ0n) is 7.92. The average molecular weight is 172 g/mol. The summed E-state index contributed by atoms with van der Waals surface area (Å²) in [6.45, 7) is 4.50. The summed E-state index contributed by atoms with van der Waals surface area (Å²) in [6, 6.07) is 0. The third kappa shape index (κ3) is 3.52. The quantitative estimate of drug-likeness (QED) is 0.582. The average Bonchev–Trinajstić information content (AvgIpc) is 2.05. The Labute approximate surface area is 74.8 Å². The van der Waals surface area contributed by atoms with Gasteiger partial charge in [0.2, 0.25) is 0 Å². The molecule has 1 aliphatic rings. The molecule has 0 bridgehead atoms. The van der Waals surface area contributed by atoms with Crippen molar-refractivity contribution in [3.8, 4) is 0 Å². The summed E-state index contributed by atoms with van der Waals surface area (Å²) in [5.74, 6) is 0.787. The molecule has 12 heavy (non-hydrogen) atoms. The lowest BCUT2D eigenvalue weighted by atomic mass is 9.98. The standard InChI is InChI=1S/C9H20N2O/c1-11-5-2-3-9(8-11)7-10-4-6-12/h9-10,12H,2-8H2,1H3/t9-/m1/s1. The van der Waals surface area contributed by atoms with Crippen molar-refractivity contribution in [3.05, 3.63) is 0 Å². The highest BCUT2D eigenvalue weighted by Gasteiger charge is 2.15. The van der Waals surface area contributed by atoms with Crippen LogP contribution in [0.5, 0.6) is 0 Å². The van der Waals surface area contributed by atoms with E-state index in [0.29, 0.717) is 0 Å². The van der Waals surface area contributed by atoms with E-state index in [1.54, 1.807) is 0 Å². The van der Waals surface area contributed by atoms with Gasteiger partial charge in [-0.15, -0.1) is 0 Å². The molecule has 1 saturated heterocycles. The van der Waals surface area contributed by atoms with Crippen LogP contribution in [0.15, 0.2) is 0 Å². The van der Waals surface area contributed by atoms with Crippen LogP contribution in [0.2, 0.25) is 0 Å². The predicted molar refractivity (Wildman–Crippen MR) is 50.2 cm³/mol. The molecule has 1 aliphatic heterocycles. The zero-order chi connectivity index (χ0) is 8.81. The first-order chi connectivity index (χ1) is 5.83. The Morgan fingerprint density at radius 2 is 2.42 bits per heavy atom. The van der Waals surface area contributed by atoms with Crippen molar-refractivity contribution in [1.82, 2.24) is 10.2 Å². The smallest absolute Gasteiger partial charge is 0.0555 e. The summed E-state index contributed by atoms with van der Waals surface area (Å²) in [7, 11) is 2.18. The Bertz CT molecular complexity index is 119. The van der Waals surface area contributed by atoms with Crippen LogP contribution in [0.4, 0.5) is 0 Å². The minimum atomic E-state index is 0.253. The van der Waals surface area contributed by atoms with Crippen LogP contribution in [0.1, 0.15) is 12.8 Å². The minimum absolute atomic E-state index is 0.253. The van der Waals surface area contributed by atoms with Crippen molar-refractivity contribution in [2.75, 3.05) is 39.8 Å². The van der Waals surface area contributed by atoms with E-state index in [-0.39, 0.29) is 6.61 Å². The Morgan fingerprint density at radius 3 is 3.08 bits per heavy atom. The predicted octanol–water partition coefficient (Wildman–Crippen LogP) is -0.0899. The fraction of sp³-hybridized carbons (Fsp3) is 1.00. The number of hydrogen-bond acceptors (Lipinski definition) is 3. The highest BCUT2D eigenvalue weighted by atomic mass is 16.3. The molecular formula is C9H20N2O. The number of aliphatic hydroxyl groups excluding tert-OH is 1. The Hall–Kier alpha value is -0.120. The lowest BCUT2D eigenvalue weighted by Gasteiger charge is -2.29. The van der Waals surface area contributed by atoms with E-state index >= 15 is 0 Å². The van der Waals surface area contributed by atoms with E-state index in [2.05, 4.69) is 17.3 Å². The Morgan fingerprint density at radius 1 is 1.58 bits per heavy atom. The third-order valence-electron chi connectivity index (χ3n) is 2.44. The van der Waals surface area contributed by atoms with Gasteiger partial charge in [-0.1, -0.05) is 0 Å². The van der Waals surface area contributed by atoms with Gasteiger partial charge in [0.25, 0.3) is 0 Å². The van der Waals surface area contributed by atoms with E-state index < -0.39 is 0 Å².